The average Bonchev–Trinajstić information content (AvgIpc) is 2.34. The number of rotatable bonds is 5. The third-order valence-electron chi connectivity index (χ3n) is 2.79. The molecule has 0 spiro atoms. The number of esters is 1. The second-order valence-electron chi connectivity index (χ2n) is 4.55. The van der Waals surface area contributed by atoms with Crippen LogP contribution in [-0.4, -0.2) is 30.6 Å². The number of carbonyl (C=O) groups is 1. The van der Waals surface area contributed by atoms with Crippen molar-refractivity contribution in [3.8, 4) is 0 Å². The third-order valence-corrected chi connectivity index (χ3v) is 2.79. The van der Waals surface area contributed by atoms with Crippen molar-refractivity contribution in [2.75, 3.05) is 18.6 Å². The van der Waals surface area contributed by atoms with Gasteiger partial charge in [0.25, 0.3) is 5.69 Å². The van der Waals surface area contributed by atoms with Crippen molar-refractivity contribution in [1.82, 2.24) is 0 Å². The highest BCUT2D eigenvalue weighted by molar-refractivity contribution is 5.78. The molecule has 0 atom stereocenters. The average molecular weight is 266 g/mol. The van der Waals surface area contributed by atoms with Crippen LogP contribution in [0.3, 0.4) is 0 Å². The molecule has 0 heterocycles. The molecule has 6 heteroatoms. The van der Waals surface area contributed by atoms with E-state index in [0.717, 1.165) is 5.56 Å². The van der Waals surface area contributed by atoms with Crippen LogP contribution in [0.5, 0.6) is 0 Å². The second kappa shape index (κ2) is 6.17. The number of aryl methyl sites for hydroxylation is 1. The SMILES string of the molecule is COC(=O)CN(c1cc(C)ccc1[N+](=O)[O-])C(C)C. The lowest BCUT2D eigenvalue weighted by Gasteiger charge is -2.27. The van der Waals surface area contributed by atoms with Crippen molar-refractivity contribution >= 4 is 17.3 Å². The third kappa shape index (κ3) is 3.67. The molecule has 0 aliphatic heterocycles. The van der Waals surface area contributed by atoms with E-state index >= 15 is 0 Å². The normalized spacial score (nSPS) is 10.4. The van der Waals surface area contributed by atoms with Gasteiger partial charge in [0.05, 0.1) is 12.0 Å². The van der Waals surface area contributed by atoms with Gasteiger partial charge in [-0.05, 0) is 32.4 Å². The number of methoxy groups -OCH3 is 1. The van der Waals surface area contributed by atoms with Crippen LogP contribution in [0.15, 0.2) is 18.2 Å². The molecule has 0 radical (unpaired) electrons. The molecule has 0 aromatic heterocycles. The van der Waals surface area contributed by atoms with Crippen molar-refractivity contribution in [2.24, 2.45) is 0 Å². The van der Waals surface area contributed by atoms with Crippen LogP contribution in [0, 0.1) is 17.0 Å². The zero-order valence-electron chi connectivity index (χ0n) is 11.5. The van der Waals surface area contributed by atoms with Gasteiger partial charge in [-0.25, -0.2) is 0 Å². The van der Waals surface area contributed by atoms with Crippen LogP contribution in [0.25, 0.3) is 0 Å². The molecule has 19 heavy (non-hydrogen) atoms. The molecule has 104 valence electrons. The van der Waals surface area contributed by atoms with Crippen LogP contribution >= 0.6 is 0 Å². The minimum absolute atomic E-state index is 0.0109. The molecule has 0 bridgehead atoms. The van der Waals surface area contributed by atoms with Crippen LogP contribution in [-0.2, 0) is 9.53 Å². The van der Waals surface area contributed by atoms with E-state index < -0.39 is 10.9 Å². The largest absolute Gasteiger partial charge is 0.468 e. The summed E-state index contributed by atoms with van der Waals surface area (Å²) in [4.78, 5) is 23.7. The molecule has 0 fully saturated rings. The number of hydrogen-bond acceptors (Lipinski definition) is 5. The van der Waals surface area contributed by atoms with Crippen molar-refractivity contribution < 1.29 is 14.5 Å². The zero-order valence-corrected chi connectivity index (χ0v) is 11.5. The maximum atomic E-state index is 11.4. The van der Waals surface area contributed by atoms with E-state index in [9.17, 15) is 14.9 Å². The molecule has 0 saturated carbocycles. The molecule has 0 N–H and O–H groups in total. The summed E-state index contributed by atoms with van der Waals surface area (Å²) in [7, 11) is 1.30. The number of nitro groups is 1. The Morgan fingerprint density at radius 3 is 2.58 bits per heavy atom. The lowest BCUT2D eigenvalue weighted by molar-refractivity contribution is -0.384. The number of nitro benzene ring substituents is 1. The number of benzene rings is 1. The molecule has 1 aromatic carbocycles. The Balaban J connectivity index is 3.24. The van der Waals surface area contributed by atoms with Gasteiger partial charge in [-0.2, -0.15) is 0 Å². The summed E-state index contributed by atoms with van der Waals surface area (Å²) in [5.74, 6) is -0.426. The predicted molar refractivity (Wildman–Crippen MR) is 72.3 cm³/mol. The lowest BCUT2D eigenvalue weighted by atomic mass is 10.1. The molecular formula is C13H18N2O4. The Morgan fingerprint density at radius 2 is 2.11 bits per heavy atom. The van der Waals surface area contributed by atoms with E-state index in [0.29, 0.717) is 5.69 Å². The molecule has 0 aliphatic rings. The van der Waals surface area contributed by atoms with Gasteiger partial charge in [-0.15, -0.1) is 0 Å². The van der Waals surface area contributed by atoms with Gasteiger partial charge in [0.1, 0.15) is 12.2 Å². The summed E-state index contributed by atoms with van der Waals surface area (Å²) in [6, 6.07) is 4.79. The Morgan fingerprint density at radius 1 is 1.47 bits per heavy atom. The second-order valence-corrected chi connectivity index (χ2v) is 4.55. The Kier molecular flexibility index (Phi) is 4.86. The number of carbonyl (C=O) groups excluding carboxylic acids is 1. The molecule has 0 saturated heterocycles. The van der Waals surface area contributed by atoms with Gasteiger partial charge in [0.2, 0.25) is 0 Å². The first-order chi connectivity index (χ1) is 8.86. The summed E-state index contributed by atoms with van der Waals surface area (Å²) in [6.07, 6.45) is 0. The topological polar surface area (TPSA) is 72.7 Å². The summed E-state index contributed by atoms with van der Waals surface area (Å²) in [5, 5.41) is 11.1. The van der Waals surface area contributed by atoms with Gasteiger partial charge in [-0.1, -0.05) is 6.07 Å². The van der Waals surface area contributed by atoms with Crippen LogP contribution in [0.1, 0.15) is 19.4 Å². The maximum Gasteiger partial charge on any atom is 0.325 e. The fraction of sp³-hybridized carbons (Fsp3) is 0.462. The Hall–Kier alpha value is -2.11. The minimum atomic E-state index is -0.443. The summed E-state index contributed by atoms with van der Waals surface area (Å²) < 4.78 is 4.63. The monoisotopic (exact) mass is 266 g/mol. The van der Waals surface area contributed by atoms with Gasteiger partial charge in [0.15, 0.2) is 0 Å². The molecule has 0 unspecified atom stereocenters. The fourth-order valence-corrected chi connectivity index (χ4v) is 1.77. The van der Waals surface area contributed by atoms with Gasteiger partial charge in [-0.3, -0.25) is 14.9 Å². The van der Waals surface area contributed by atoms with Crippen molar-refractivity contribution in [3.05, 3.63) is 33.9 Å². The quantitative estimate of drug-likeness (QED) is 0.464. The summed E-state index contributed by atoms with van der Waals surface area (Å²) in [6.45, 7) is 5.58. The Bertz CT molecular complexity index is 486. The van der Waals surface area contributed by atoms with E-state index in [1.807, 2.05) is 20.8 Å². The van der Waals surface area contributed by atoms with Crippen molar-refractivity contribution in [1.29, 1.82) is 0 Å². The van der Waals surface area contributed by atoms with E-state index in [2.05, 4.69) is 4.74 Å². The van der Waals surface area contributed by atoms with E-state index in [1.54, 1.807) is 17.0 Å². The molecule has 1 rings (SSSR count). The summed E-state index contributed by atoms with van der Waals surface area (Å²) >= 11 is 0. The first kappa shape index (κ1) is 14.9. The Labute approximate surface area is 112 Å². The van der Waals surface area contributed by atoms with Gasteiger partial charge >= 0.3 is 5.97 Å². The number of ether oxygens (including phenoxy) is 1. The summed E-state index contributed by atoms with van der Waals surface area (Å²) in [5.41, 5.74) is 1.32. The first-order valence-corrected chi connectivity index (χ1v) is 5.95. The minimum Gasteiger partial charge on any atom is -0.468 e. The number of anilines is 1. The van der Waals surface area contributed by atoms with Crippen LogP contribution < -0.4 is 4.90 Å². The molecular weight excluding hydrogens is 248 g/mol. The van der Waals surface area contributed by atoms with Crippen LogP contribution in [0.4, 0.5) is 11.4 Å². The van der Waals surface area contributed by atoms with E-state index in [1.165, 1.54) is 13.2 Å². The smallest absolute Gasteiger partial charge is 0.325 e. The van der Waals surface area contributed by atoms with Gasteiger partial charge < -0.3 is 9.64 Å². The van der Waals surface area contributed by atoms with E-state index in [-0.39, 0.29) is 18.3 Å². The zero-order chi connectivity index (χ0) is 14.6. The number of hydrogen-bond donors (Lipinski definition) is 0. The fourth-order valence-electron chi connectivity index (χ4n) is 1.77. The predicted octanol–water partition coefficient (Wildman–Crippen LogP) is 2.29. The maximum absolute atomic E-state index is 11.4. The number of nitrogens with zero attached hydrogens (tertiary/aromatic N) is 2. The van der Waals surface area contributed by atoms with E-state index in [4.69, 9.17) is 0 Å². The standard InChI is InChI=1S/C13H18N2O4/c1-9(2)14(8-13(16)19-4)12-7-10(3)5-6-11(12)15(17)18/h5-7,9H,8H2,1-4H3. The highest BCUT2D eigenvalue weighted by atomic mass is 16.6. The highest BCUT2D eigenvalue weighted by Crippen LogP contribution is 2.30. The highest BCUT2D eigenvalue weighted by Gasteiger charge is 2.23. The van der Waals surface area contributed by atoms with Gasteiger partial charge in [0, 0.05) is 12.1 Å². The molecule has 6 nitrogen and oxygen atoms in total. The molecule has 1 aromatic rings. The first-order valence-electron chi connectivity index (χ1n) is 5.95. The molecule has 0 aliphatic carbocycles. The van der Waals surface area contributed by atoms with Crippen molar-refractivity contribution in [2.45, 2.75) is 26.8 Å². The van der Waals surface area contributed by atoms with Crippen LogP contribution in [0.2, 0.25) is 0 Å². The molecule has 0 amide bonds. The lowest BCUT2D eigenvalue weighted by Crippen LogP contribution is -2.36. The van der Waals surface area contributed by atoms with Crippen molar-refractivity contribution in [3.63, 3.8) is 0 Å².